The molecule has 158 valence electrons. The number of halogens is 2. The number of methoxy groups -OCH3 is 2. The molecule has 2 N–H and O–H groups in total. The summed E-state index contributed by atoms with van der Waals surface area (Å²) in [5.74, 6) is -1.83. The number of rotatable bonds is 6. The van der Waals surface area contributed by atoms with Crippen LogP contribution in [0.15, 0.2) is 42.0 Å². The van der Waals surface area contributed by atoms with Gasteiger partial charge in [0, 0.05) is 19.2 Å². The van der Waals surface area contributed by atoms with Crippen molar-refractivity contribution in [2.75, 3.05) is 27.4 Å². The molecule has 0 radical (unpaired) electrons. The average molecular weight is 452 g/mol. The van der Waals surface area contributed by atoms with Crippen LogP contribution < -0.4 is 4.74 Å². The molecule has 7 nitrogen and oxygen atoms in total. The number of aliphatic hydroxyl groups excluding tert-OH is 1. The lowest BCUT2D eigenvalue weighted by Crippen LogP contribution is -2.32. The molecule has 1 amide bonds. The van der Waals surface area contributed by atoms with E-state index in [0.717, 1.165) is 0 Å². The molecule has 3 rings (SSSR count). The highest BCUT2D eigenvalue weighted by Crippen LogP contribution is 2.41. The molecular formula is C21H19Cl2NO6. The number of carbonyl (C=O) groups is 2. The molecule has 1 aliphatic heterocycles. The smallest absolute Gasteiger partial charge is 0.295 e. The number of nitrogens with zero attached hydrogens (tertiary/aromatic N) is 1. The zero-order valence-corrected chi connectivity index (χ0v) is 17.7. The van der Waals surface area contributed by atoms with Crippen LogP contribution in [0.5, 0.6) is 11.5 Å². The molecule has 0 aliphatic carbocycles. The summed E-state index contributed by atoms with van der Waals surface area (Å²) in [5.41, 5.74) is 0.605. The van der Waals surface area contributed by atoms with Gasteiger partial charge in [-0.3, -0.25) is 9.59 Å². The van der Waals surface area contributed by atoms with E-state index in [0.29, 0.717) is 16.3 Å². The first-order chi connectivity index (χ1) is 14.3. The van der Waals surface area contributed by atoms with Crippen molar-refractivity contribution in [2.24, 2.45) is 0 Å². The van der Waals surface area contributed by atoms with Gasteiger partial charge in [0.2, 0.25) is 0 Å². The second-order valence-electron chi connectivity index (χ2n) is 6.55. The molecule has 2 aromatic rings. The molecule has 1 unspecified atom stereocenters. The van der Waals surface area contributed by atoms with Gasteiger partial charge in [0.15, 0.2) is 0 Å². The van der Waals surface area contributed by atoms with Crippen LogP contribution in [0.1, 0.15) is 17.2 Å². The molecule has 1 aliphatic rings. The summed E-state index contributed by atoms with van der Waals surface area (Å²) in [6.45, 7) is 0.301. The standard InChI is InChI=1S/C21H19Cl2NO6/c1-29-8-7-24-18(11-4-6-15(25)14(23)9-11)17(20(27)21(24)28)19(26)12-3-5-13(22)16(10-12)30-2/h3-6,9-10,18,25-26H,7-8H2,1-2H3/b19-17-. The Hall–Kier alpha value is -2.74. The second-order valence-corrected chi connectivity index (χ2v) is 7.36. The highest BCUT2D eigenvalue weighted by atomic mass is 35.5. The molecule has 0 spiro atoms. The molecule has 30 heavy (non-hydrogen) atoms. The molecule has 0 aromatic heterocycles. The van der Waals surface area contributed by atoms with Crippen molar-refractivity contribution in [1.82, 2.24) is 4.90 Å². The third-order valence-electron chi connectivity index (χ3n) is 4.79. The zero-order valence-electron chi connectivity index (χ0n) is 16.2. The molecule has 9 heteroatoms. The fraction of sp³-hybridized carbons (Fsp3) is 0.238. The number of aromatic hydroxyl groups is 1. The van der Waals surface area contributed by atoms with Crippen molar-refractivity contribution in [2.45, 2.75) is 6.04 Å². The van der Waals surface area contributed by atoms with E-state index >= 15 is 0 Å². The number of phenolic OH excluding ortho intramolecular Hbond substituents is 1. The topological polar surface area (TPSA) is 96.3 Å². The number of carbonyl (C=O) groups excluding carboxylic acids is 2. The van der Waals surface area contributed by atoms with Crippen molar-refractivity contribution in [1.29, 1.82) is 0 Å². The van der Waals surface area contributed by atoms with Crippen LogP contribution in [0.25, 0.3) is 5.76 Å². The minimum absolute atomic E-state index is 0.0537. The lowest BCUT2D eigenvalue weighted by atomic mass is 9.95. The van der Waals surface area contributed by atoms with E-state index in [1.165, 1.54) is 55.5 Å². The van der Waals surface area contributed by atoms with Gasteiger partial charge in [0.25, 0.3) is 11.7 Å². The number of phenols is 1. The lowest BCUT2D eigenvalue weighted by Gasteiger charge is -2.25. The van der Waals surface area contributed by atoms with Gasteiger partial charge in [-0.25, -0.2) is 0 Å². The van der Waals surface area contributed by atoms with E-state index in [-0.39, 0.29) is 40.8 Å². The fourth-order valence-corrected chi connectivity index (χ4v) is 3.69. The summed E-state index contributed by atoms with van der Waals surface area (Å²) >= 11 is 12.1. The van der Waals surface area contributed by atoms with Crippen molar-refractivity contribution in [3.05, 3.63) is 63.1 Å². The Morgan fingerprint density at radius 2 is 1.83 bits per heavy atom. The Kier molecular flexibility index (Phi) is 6.55. The maximum atomic E-state index is 12.9. The molecule has 1 fully saturated rings. The molecule has 1 heterocycles. The summed E-state index contributed by atoms with van der Waals surface area (Å²) in [4.78, 5) is 26.9. The van der Waals surface area contributed by atoms with Gasteiger partial charge in [-0.2, -0.15) is 0 Å². The molecule has 0 bridgehead atoms. The average Bonchev–Trinajstić information content (AvgIpc) is 2.98. The first-order valence-corrected chi connectivity index (χ1v) is 9.65. The van der Waals surface area contributed by atoms with Gasteiger partial charge < -0.3 is 24.6 Å². The Bertz CT molecular complexity index is 1040. The Labute approximate surface area is 183 Å². The van der Waals surface area contributed by atoms with Gasteiger partial charge in [0.05, 0.1) is 35.4 Å². The molecule has 1 saturated heterocycles. The summed E-state index contributed by atoms with van der Waals surface area (Å²) in [6.07, 6.45) is 0. The van der Waals surface area contributed by atoms with E-state index in [1.807, 2.05) is 0 Å². The van der Waals surface area contributed by atoms with Gasteiger partial charge >= 0.3 is 0 Å². The third kappa shape index (κ3) is 3.96. The summed E-state index contributed by atoms with van der Waals surface area (Å²) in [7, 11) is 2.90. The largest absolute Gasteiger partial charge is 0.507 e. The van der Waals surface area contributed by atoms with Crippen molar-refractivity contribution >= 4 is 40.7 Å². The van der Waals surface area contributed by atoms with E-state index in [9.17, 15) is 19.8 Å². The zero-order chi connectivity index (χ0) is 22.0. The van der Waals surface area contributed by atoms with Crippen LogP contribution in [0.2, 0.25) is 10.0 Å². The number of hydrogen-bond donors (Lipinski definition) is 2. The van der Waals surface area contributed by atoms with Crippen LogP contribution in [0.3, 0.4) is 0 Å². The van der Waals surface area contributed by atoms with Crippen molar-refractivity contribution in [3.63, 3.8) is 0 Å². The molecule has 1 atom stereocenters. The van der Waals surface area contributed by atoms with Crippen LogP contribution in [-0.2, 0) is 14.3 Å². The van der Waals surface area contributed by atoms with Gasteiger partial charge in [-0.05, 0) is 35.9 Å². The minimum Gasteiger partial charge on any atom is -0.507 e. The number of likely N-dealkylation sites (tertiary alicyclic amines) is 1. The van der Waals surface area contributed by atoms with Gasteiger partial charge in [-0.15, -0.1) is 0 Å². The monoisotopic (exact) mass is 451 g/mol. The fourth-order valence-electron chi connectivity index (χ4n) is 3.30. The molecule has 0 saturated carbocycles. The van der Waals surface area contributed by atoms with E-state index < -0.39 is 17.7 Å². The molecular weight excluding hydrogens is 433 g/mol. The summed E-state index contributed by atoms with van der Waals surface area (Å²) in [5, 5.41) is 21.1. The van der Waals surface area contributed by atoms with Crippen LogP contribution >= 0.6 is 23.2 Å². The Morgan fingerprint density at radius 1 is 1.10 bits per heavy atom. The first kappa shape index (κ1) is 22.0. The lowest BCUT2D eigenvalue weighted by molar-refractivity contribution is -0.140. The van der Waals surface area contributed by atoms with Crippen LogP contribution in [0.4, 0.5) is 0 Å². The normalized spacial score (nSPS) is 18.1. The number of ketones is 1. The number of ether oxygens (including phenoxy) is 2. The maximum Gasteiger partial charge on any atom is 0.295 e. The van der Waals surface area contributed by atoms with E-state index in [4.69, 9.17) is 32.7 Å². The van der Waals surface area contributed by atoms with Crippen LogP contribution in [-0.4, -0.2) is 54.2 Å². The SMILES string of the molecule is COCCN1C(=O)C(=O)/C(=C(\O)c2ccc(Cl)c(OC)c2)C1c1ccc(O)c(Cl)c1. The third-order valence-corrected chi connectivity index (χ3v) is 5.40. The predicted molar refractivity (Wildman–Crippen MR) is 112 cm³/mol. The predicted octanol–water partition coefficient (Wildman–Crippen LogP) is 3.78. The highest BCUT2D eigenvalue weighted by Gasteiger charge is 2.46. The Balaban J connectivity index is 2.20. The first-order valence-electron chi connectivity index (χ1n) is 8.89. The van der Waals surface area contributed by atoms with Crippen molar-refractivity contribution < 1.29 is 29.3 Å². The number of amides is 1. The van der Waals surface area contributed by atoms with Gasteiger partial charge in [0.1, 0.15) is 17.3 Å². The highest BCUT2D eigenvalue weighted by molar-refractivity contribution is 6.46. The van der Waals surface area contributed by atoms with E-state index in [2.05, 4.69) is 0 Å². The number of benzene rings is 2. The number of hydrogen-bond acceptors (Lipinski definition) is 6. The minimum atomic E-state index is -0.917. The summed E-state index contributed by atoms with van der Waals surface area (Å²) < 4.78 is 10.2. The Morgan fingerprint density at radius 3 is 2.47 bits per heavy atom. The second kappa shape index (κ2) is 8.95. The summed E-state index contributed by atoms with van der Waals surface area (Å²) in [6, 6.07) is 7.93. The number of Topliss-reactive ketones (excluding diaryl/α,β-unsaturated/α-hetero) is 1. The van der Waals surface area contributed by atoms with Crippen LogP contribution in [0, 0.1) is 0 Å². The molecule has 2 aromatic carbocycles. The number of aliphatic hydroxyl groups is 1. The van der Waals surface area contributed by atoms with Crippen molar-refractivity contribution in [3.8, 4) is 11.5 Å². The quantitative estimate of drug-likeness (QED) is 0.394. The maximum absolute atomic E-state index is 12.9. The van der Waals surface area contributed by atoms with Gasteiger partial charge in [-0.1, -0.05) is 29.3 Å². The van der Waals surface area contributed by atoms with E-state index in [1.54, 1.807) is 0 Å².